The SMILES string of the molecule is CC(C)n1cc(CNC2CCC2)c2cccc(CN)c21. The molecule has 0 unspecified atom stereocenters. The van der Waals surface area contributed by atoms with Gasteiger partial charge in [-0.3, -0.25) is 0 Å². The largest absolute Gasteiger partial charge is 0.344 e. The summed E-state index contributed by atoms with van der Waals surface area (Å²) in [7, 11) is 0. The lowest BCUT2D eigenvalue weighted by Crippen LogP contribution is -2.34. The second-order valence-corrected chi connectivity index (χ2v) is 6.18. The van der Waals surface area contributed by atoms with Crippen LogP contribution in [0.3, 0.4) is 0 Å². The van der Waals surface area contributed by atoms with Crippen molar-refractivity contribution in [1.29, 1.82) is 0 Å². The fourth-order valence-corrected chi connectivity index (χ4v) is 3.04. The molecule has 1 aliphatic carbocycles. The monoisotopic (exact) mass is 271 g/mol. The van der Waals surface area contributed by atoms with Crippen molar-refractivity contribution in [3.05, 3.63) is 35.5 Å². The van der Waals surface area contributed by atoms with Crippen LogP contribution < -0.4 is 11.1 Å². The summed E-state index contributed by atoms with van der Waals surface area (Å²) in [5, 5.41) is 5.03. The molecule has 3 rings (SSSR count). The quantitative estimate of drug-likeness (QED) is 0.876. The Morgan fingerprint density at radius 1 is 1.30 bits per heavy atom. The summed E-state index contributed by atoms with van der Waals surface area (Å²) in [6.07, 6.45) is 6.34. The van der Waals surface area contributed by atoms with E-state index in [0.29, 0.717) is 12.6 Å². The summed E-state index contributed by atoms with van der Waals surface area (Å²) < 4.78 is 2.37. The van der Waals surface area contributed by atoms with Crippen molar-refractivity contribution in [2.45, 2.75) is 58.3 Å². The zero-order chi connectivity index (χ0) is 14.1. The van der Waals surface area contributed by atoms with E-state index in [0.717, 1.165) is 12.6 Å². The van der Waals surface area contributed by atoms with Crippen molar-refractivity contribution in [3.8, 4) is 0 Å². The third-order valence-electron chi connectivity index (χ3n) is 4.48. The van der Waals surface area contributed by atoms with Gasteiger partial charge >= 0.3 is 0 Å². The first-order valence-corrected chi connectivity index (χ1v) is 7.75. The van der Waals surface area contributed by atoms with E-state index in [-0.39, 0.29) is 0 Å². The van der Waals surface area contributed by atoms with Crippen LogP contribution in [0.25, 0.3) is 10.9 Å². The number of hydrogen-bond donors (Lipinski definition) is 2. The summed E-state index contributed by atoms with van der Waals surface area (Å²) in [5.41, 5.74) is 9.87. The van der Waals surface area contributed by atoms with Gasteiger partial charge in [0.05, 0.1) is 5.52 Å². The highest BCUT2D eigenvalue weighted by atomic mass is 15.0. The van der Waals surface area contributed by atoms with Gasteiger partial charge in [0.1, 0.15) is 0 Å². The van der Waals surface area contributed by atoms with Crippen LogP contribution in [0.5, 0.6) is 0 Å². The van der Waals surface area contributed by atoms with Crippen LogP contribution in [-0.4, -0.2) is 10.6 Å². The van der Waals surface area contributed by atoms with Crippen molar-refractivity contribution < 1.29 is 0 Å². The lowest BCUT2D eigenvalue weighted by Gasteiger charge is -2.26. The predicted octanol–water partition coefficient (Wildman–Crippen LogP) is 3.32. The molecular formula is C17H25N3. The Morgan fingerprint density at radius 3 is 2.70 bits per heavy atom. The zero-order valence-electron chi connectivity index (χ0n) is 12.5. The van der Waals surface area contributed by atoms with E-state index >= 15 is 0 Å². The molecule has 20 heavy (non-hydrogen) atoms. The lowest BCUT2D eigenvalue weighted by molar-refractivity contribution is 0.338. The summed E-state index contributed by atoms with van der Waals surface area (Å²) in [6, 6.07) is 7.69. The van der Waals surface area contributed by atoms with Gasteiger partial charge in [-0.2, -0.15) is 0 Å². The first kappa shape index (κ1) is 13.7. The van der Waals surface area contributed by atoms with Gasteiger partial charge < -0.3 is 15.6 Å². The van der Waals surface area contributed by atoms with Crippen LogP contribution in [0.4, 0.5) is 0 Å². The Morgan fingerprint density at radius 2 is 2.10 bits per heavy atom. The normalized spacial score (nSPS) is 16.0. The van der Waals surface area contributed by atoms with Gasteiger partial charge in [-0.05, 0) is 37.8 Å². The van der Waals surface area contributed by atoms with E-state index in [1.807, 2.05) is 0 Å². The number of fused-ring (bicyclic) bond motifs is 1. The molecule has 0 aliphatic heterocycles. The van der Waals surface area contributed by atoms with Crippen LogP contribution in [0.15, 0.2) is 24.4 Å². The third-order valence-corrected chi connectivity index (χ3v) is 4.48. The summed E-state index contributed by atoms with van der Waals surface area (Å²) in [6.45, 7) is 6.03. The molecule has 0 radical (unpaired) electrons. The minimum Gasteiger partial charge on any atom is -0.344 e. The minimum atomic E-state index is 0.461. The van der Waals surface area contributed by atoms with Crippen LogP contribution >= 0.6 is 0 Å². The van der Waals surface area contributed by atoms with Crippen molar-refractivity contribution in [3.63, 3.8) is 0 Å². The van der Waals surface area contributed by atoms with Crippen molar-refractivity contribution in [2.75, 3.05) is 0 Å². The fourth-order valence-electron chi connectivity index (χ4n) is 3.04. The number of aromatic nitrogens is 1. The molecule has 0 bridgehead atoms. The van der Waals surface area contributed by atoms with Gasteiger partial charge in [0.15, 0.2) is 0 Å². The molecule has 3 nitrogen and oxygen atoms in total. The predicted molar refractivity (Wildman–Crippen MR) is 84.7 cm³/mol. The fraction of sp³-hybridized carbons (Fsp3) is 0.529. The molecule has 1 saturated carbocycles. The van der Waals surface area contributed by atoms with Crippen LogP contribution in [-0.2, 0) is 13.1 Å². The Kier molecular flexibility index (Phi) is 3.81. The average Bonchev–Trinajstić information content (AvgIpc) is 2.76. The Labute approximate surface area is 121 Å². The molecule has 0 amide bonds. The van der Waals surface area contributed by atoms with Gasteiger partial charge in [-0.1, -0.05) is 24.6 Å². The molecule has 0 spiro atoms. The van der Waals surface area contributed by atoms with E-state index in [4.69, 9.17) is 5.73 Å². The number of rotatable bonds is 5. The van der Waals surface area contributed by atoms with E-state index < -0.39 is 0 Å². The maximum absolute atomic E-state index is 5.92. The topological polar surface area (TPSA) is 43.0 Å². The molecule has 1 fully saturated rings. The zero-order valence-corrected chi connectivity index (χ0v) is 12.5. The first-order valence-electron chi connectivity index (χ1n) is 7.75. The number of para-hydroxylation sites is 1. The number of nitrogens with zero attached hydrogens (tertiary/aromatic N) is 1. The van der Waals surface area contributed by atoms with Gasteiger partial charge in [-0.25, -0.2) is 0 Å². The molecule has 1 aliphatic rings. The third kappa shape index (κ3) is 2.36. The van der Waals surface area contributed by atoms with Crippen molar-refractivity contribution in [2.24, 2.45) is 5.73 Å². The molecular weight excluding hydrogens is 246 g/mol. The van der Waals surface area contributed by atoms with Crippen molar-refractivity contribution in [1.82, 2.24) is 9.88 Å². The molecule has 108 valence electrons. The molecule has 1 heterocycles. The highest BCUT2D eigenvalue weighted by molar-refractivity contribution is 5.87. The average molecular weight is 271 g/mol. The molecule has 3 heteroatoms. The number of nitrogens with two attached hydrogens (primary N) is 1. The Bertz CT molecular complexity index is 594. The number of hydrogen-bond acceptors (Lipinski definition) is 2. The van der Waals surface area contributed by atoms with E-state index in [1.165, 1.54) is 41.3 Å². The lowest BCUT2D eigenvalue weighted by atomic mass is 9.93. The molecule has 3 N–H and O–H groups in total. The maximum atomic E-state index is 5.92. The highest BCUT2D eigenvalue weighted by Gasteiger charge is 2.18. The smallest absolute Gasteiger partial charge is 0.0531 e. The van der Waals surface area contributed by atoms with E-state index in [2.05, 4.69) is 48.1 Å². The van der Waals surface area contributed by atoms with Crippen LogP contribution in [0.1, 0.15) is 50.3 Å². The summed E-state index contributed by atoms with van der Waals surface area (Å²) >= 11 is 0. The van der Waals surface area contributed by atoms with E-state index in [9.17, 15) is 0 Å². The molecule has 1 aromatic carbocycles. The van der Waals surface area contributed by atoms with E-state index in [1.54, 1.807) is 0 Å². The second-order valence-electron chi connectivity index (χ2n) is 6.18. The minimum absolute atomic E-state index is 0.461. The second kappa shape index (κ2) is 5.58. The Balaban J connectivity index is 1.98. The van der Waals surface area contributed by atoms with Gasteiger partial charge in [0.2, 0.25) is 0 Å². The number of nitrogens with one attached hydrogen (secondary N) is 1. The van der Waals surface area contributed by atoms with Gasteiger partial charge in [0.25, 0.3) is 0 Å². The molecule has 1 aromatic heterocycles. The number of benzene rings is 1. The van der Waals surface area contributed by atoms with Crippen molar-refractivity contribution >= 4 is 10.9 Å². The standard InChI is InChI=1S/C17H25N3/c1-12(2)20-11-14(10-19-15-6-4-7-15)16-8-3-5-13(9-18)17(16)20/h3,5,8,11-12,15,19H,4,6-7,9-10,18H2,1-2H3. The van der Waals surface area contributed by atoms with Crippen LogP contribution in [0.2, 0.25) is 0 Å². The van der Waals surface area contributed by atoms with Gasteiger partial charge in [-0.15, -0.1) is 0 Å². The molecule has 2 aromatic rings. The summed E-state index contributed by atoms with van der Waals surface area (Å²) in [5.74, 6) is 0. The molecule has 0 atom stereocenters. The molecule has 0 saturated heterocycles. The Hall–Kier alpha value is -1.32. The highest BCUT2D eigenvalue weighted by Crippen LogP contribution is 2.28. The first-order chi connectivity index (χ1) is 9.70. The van der Waals surface area contributed by atoms with Gasteiger partial charge in [0, 0.05) is 36.8 Å². The summed E-state index contributed by atoms with van der Waals surface area (Å²) in [4.78, 5) is 0. The van der Waals surface area contributed by atoms with Crippen LogP contribution in [0, 0.1) is 0 Å². The maximum Gasteiger partial charge on any atom is 0.0531 e.